The van der Waals surface area contributed by atoms with Gasteiger partial charge in [0.1, 0.15) is 0 Å². The van der Waals surface area contributed by atoms with E-state index in [9.17, 15) is 13.2 Å². The average molecular weight is 295 g/mol. The van der Waals surface area contributed by atoms with Crippen LogP contribution >= 0.6 is 0 Å². The zero-order valence-electron chi connectivity index (χ0n) is 12.4. The topological polar surface area (TPSA) is 54.5 Å². The Bertz CT molecular complexity index is 627. The third-order valence-electron chi connectivity index (χ3n) is 4.09. The maximum Gasteiger partial charge on any atom is 0.177 e. The summed E-state index contributed by atoms with van der Waals surface area (Å²) in [6.07, 6.45) is 1.21. The molecule has 1 fully saturated rings. The van der Waals surface area contributed by atoms with Gasteiger partial charge in [-0.2, -0.15) is 0 Å². The smallest absolute Gasteiger partial charge is 0.177 e. The summed E-state index contributed by atoms with van der Waals surface area (Å²) in [6, 6.07) is 4.85. The predicted molar refractivity (Wildman–Crippen MR) is 80.1 cm³/mol. The van der Waals surface area contributed by atoms with Gasteiger partial charge in [-0.15, -0.1) is 0 Å². The lowest BCUT2D eigenvalue weighted by molar-refractivity contribution is 0.101. The number of sulfone groups is 1. The fourth-order valence-electron chi connectivity index (χ4n) is 2.62. The molecule has 20 heavy (non-hydrogen) atoms. The number of hydrogen-bond donors (Lipinski definition) is 0. The number of carbonyl (C=O) groups excluding carboxylic acids is 1. The average Bonchev–Trinajstić information content (AvgIpc) is 2.67. The van der Waals surface area contributed by atoms with Crippen molar-refractivity contribution in [1.29, 1.82) is 0 Å². The molecule has 0 aliphatic carbocycles. The van der Waals surface area contributed by atoms with Crippen molar-refractivity contribution in [3.05, 3.63) is 23.8 Å². The molecule has 1 aliphatic heterocycles. The van der Waals surface area contributed by atoms with Gasteiger partial charge in [0, 0.05) is 24.9 Å². The molecule has 0 aromatic heterocycles. The number of nitrogens with zero attached hydrogens (tertiary/aromatic N) is 1. The molecule has 110 valence electrons. The predicted octanol–water partition coefficient (Wildman–Crippen LogP) is 2.38. The summed E-state index contributed by atoms with van der Waals surface area (Å²) in [6.45, 7) is 7.48. The third kappa shape index (κ3) is 2.87. The molecule has 4 nitrogen and oxygen atoms in total. The van der Waals surface area contributed by atoms with Gasteiger partial charge in [-0.05, 0) is 37.0 Å². The first-order chi connectivity index (χ1) is 9.20. The summed E-state index contributed by atoms with van der Waals surface area (Å²) in [5.41, 5.74) is 1.22. The largest absolute Gasteiger partial charge is 0.370 e. The molecule has 0 N–H and O–H groups in total. The molecule has 5 heteroatoms. The highest BCUT2D eigenvalue weighted by atomic mass is 32.2. The minimum atomic E-state index is -3.30. The Morgan fingerprint density at radius 2 is 1.75 bits per heavy atom. The van der Waals surface area contributed by atoms with E-state index in [0.29, 0.717) is 28.0 Å². The van der Waals surface area contributed by atoms with Crippen LogP contribution in [-0.2, 0) is 9.84 Å². The van der Waals surface area contributed by atoms with Gasteiger partial charge < -0.3 is 4.90 Å². The van der Waals surface area contributed by atoms with Crippen LogP contribution in [0.2, 0.25) is 0 Å². The lowest BCUT2D eigenvalue weighted by Gasteiger charge is -2.22. The van der Waals surface area contributed by atoms with Gasteiger partial charge in [0.15, 0.2) is 15.6 Å². The Kier molecular flexibility index (Phi) is 3.91. The van der Waals surface area contributed by atoms with E-state index in [2.05, 4.69) is 18.7 Å². The van der Waals surface area contributed by atoms with Crippen molar-refractivity contribution in [3.63, 3.8) is 0 Å². The van der Waals surface area contributed by atoms with Crippen molar-refractivity contribution in [2.45, 2.75) is 25.7 Å². The second-order valence-electron chi connectivity index (χ2n) is 5.87. The van der Waals surface area contributed by atoms with Crippen LogP contribution in [0.1, 0.15) is 31.1 Å². The van der Waals surface area contributed by atoms with Crippen LogP contribution in [0.4, 0.5) is 5.69 Å². The summed E-state index contributed by atoms with van der Waals surface area (Å²) in [5, 5.41) is 0. The van der Waals surface area contributed by atoms with E-state index in [1.54, 1.807) is 18.2 Å². The second-order valence-corrected chi connectivity index (χ2v) is 7.85. The number of benzene rings is 1. The normalized spacial score (nSPS) is 23.1. The fourth-order valence-corrected chi connectivity index (χ4v) is 3.51. The minimum Gasteiger partial charge on any atom is -0.370 e. The Hall–Kier alpha value is -1.36. The Labute approximate surface area is 120 Å². The van der Waals surface area contributed by atoms with E-state index in [-0.39, 0.29) is 5.78 Å². The number of anilines is 1. The van der Waals surface area contributed by atoms with Crippen molar-refractivity contribution in [3.8, 4) is 0 Å². The van der Waals surface area contributed by atoms with Crippen LogP contribution in [0.25, 0.3) is 0 Å². The molecule has 1 heterocycles. The zero-order chi connectivity index (χ0) is 15.1. The van der Waals surface area contributed by atoms with E-state index in [1.165, 1.54) is 13.2 Å². The zero-order valence-corrected chi connectivity index (χ0v) is 13.2. The number of Topliss-reactive ketones (excluding diaryl/α,β-unsaturated/α-hetero) is 1. The molecule has 0 spiro atoms. The summed E-state index contributed by atoms with van der Waals surface area (Å²) >= 11 is 0. The molecule has 0 saturated carbocycles. The van der Waals surface area contributed by atoms with Gasteiger partial charge in [0.05, 0.1) is 10.6 Å². The Morgan fingerprint density at radius 1 is 1.20 bits per heavy atom. The van der Waals surface area contributed by atoms with Crippen LogP contribution in [0.3, 0.4) is 0 Å². The molecule has 0 bridgehead atoms. The van der Waals surface area contributed by atoms with Crippen LogP contribution in [0.15, 0.2) is 23.1 Å². The molecule has 1 aromatic carbocycles. The van der Waals surface area contributed by atoms with Crippen LogP contribution in [0.5, 0.6) is 0 Å². The molecule has 2 rings (SSSR count). The first-order valence-electron chi connectivity index (χ1n) is 6.80. The highest BCUT2D eigenvalue weighted by Gasteiger charge is 2.29. The van der Waals surface area contributed by atoms with Crippen molar-refractivity contribution < 1.29 is 13.2 Å². The van der Waals surface area contributed by atoms with Gasteiger partial charge >= 0.3 is 0 Å². The molecular weight excluding hydrogens is 274 g/mol. The second kappa shape index (κ2) is 5.20. The fraction of sp³-hybridized carbons (Fsp3) is 0.533. The summed E-state index contributed by atoms with van der Waals surface area (Å²) < 4.78 is 23.9. The maximum atomic E-state index is 11.9. The molecule has 1 saturated heterocycles. The molecule has 0 unspecified atom stereocenters. The van der Waals surface area contributed by atoms with Crippen molar-refractivity contribution in [1.82, 2.24) is 0 Å². The number of carbonyl (C=O) groups is 1. The van der Waals surface area contributed by atoms with E-state index >= 15 is 0 Å². The molecule has 1 aromatic rings. The Morgan fingerprint density at radius 3 is 2.20 bits per heavy atom. The van der Waals surface area contributed by atoms with Gasteiger partial charge in [-0.1, -0.05) is 13.8 Å². The summed E-state index contributed by atoms with van der Waals surface area (Å²) in [7, 11) is -3.30. The standard InChI is InChI=1S/C15H21NO3S/c1-10-8-16(9-11(10)2)14-7-13(12(3)17)5-6-15(14)20(4,18)19/h5-7,10-11H,8-9H2,1-4H3/t10-,11+. The van der Waals surface area contributed by atoms with E-state index in [4.69, 9.17) is 0 Å². The molecular formula is C15H21NO3S. The third-order valence-corrected chi connectivity index (χ3v) is 5.24. The molecule has 1 aliphatic rings. The van der Waals surface area contributed by atoms with Crippen molar-refractivity contribution in [2.75, 3.05) is 24.2 Å². The van der Waals surface area contributed by atoms with Gasteiger partial charge in [-0.3, -0.25) is 4.79 Å². The van der Waals surface area contributed by atoms with Crippen molar-refractivity contribution >= 4 is 21.3 Å². The van der Waals surface area contributed by atoms with Crippen molar-refractivity contribution in [2.24, 2.45) is 11.8 Å². The maximum absolute atomic E-state index is 11.9. The number of ketones is 1. The lowest BCUT2D eigenvalue weighted by atomic mass is 10.0. The lowest BCUT2D eigenvalue weighted by Crippen LogP contribution is -2.22. The molecule has 0 radical (unpaired) electrons. The first kappa shape index (κ1) is 15.0. The summed E-state index contributed by atoms with van der Waals surface area (Å²) in [4.78, 5) is 13.9. The summed E-state index contributed by atoms with van der Waals surface area (Å²) in [5.74, 6) is 0.985. The number of hydrogen-bond acceptors (Lipinski definition) is 4. The Balaban J connectivity index is 2.53. The van der Waals surface area contributed by atoms with E-state index < -0.39 is 9.84 Å². The van der Waals surface area contributed by atoms with Crippen LogP contribution < -0.4 is 4.90 Å². The van der Waals surface area contributed by atoms with E-state index in [1.807, 2.05) is 0 Å². The minimum absolute atomic E-state index is 0.0494. The molecule has 2 atom stereocenters. The SMILES string of the molecule is CC(=O)c1ccc(S(C)(=O)=O)c(N2C[C@@H](C)[C@@H](C)C2)c1. The monoisotopic (exact) mass is 295 g/mol. The highest BCUT2D eigenvalue weighted by molar-refractivity contribution is 7.90. The quantitative estimate of drug-likeness (QED) is 0.803. The molecule has 0 amide bonds. The van der Waals surface area contributed by atoms with E-state index in [0.717, 1.165) is 13.1 Å². The van der Waals surface area contributed by atoms with Crippen LogP contribution in [-0.4, -0.2) is 33.5 Å². The van der Waals surface area contributed by atoms with Crippen LogP contribution in [0, 0.1) is 11.8 Å². The van der Waals surface area contributed by atoms with Gasteiger partial charge in [-0.25, -0.2) is 8.42 Å². The first-order valence-corrected chi connectivity index (χ1v) is 8.69. The van der Waals surface area contributed by atoms with Gasteiger partial charge in [0.2, 0.25) is 0 Å². The number of rotatable bonds is 3. The highest BCUT2D eigenvalue weighted by Crippen LogP contribution is 2.33. The van der Waals surface area contributed by atoms with Gasteiger partial charge in [0.25, 0.3) is 0 Å².